The van der Waals surface area contributed by atoms with Crippen LogP contribution in [0.25, 0.3) is 0 Å². The van der Waals surface area contributed by atoms with Gasteiger partial charge in [0, 0.05) is 0 Å². The molecule has 0 saturated heterocycles. The first-order valence-corrected chi connectivity index (χ1v) is 6.77. The maximum Gasteiger partial charge on any atom is 0.0676 e. The molecule has 16 heavy (non-hydrogen) atoms. The van der Waals surface area contributed by atoms with Crippen LogP contribution >= 0.6 is 0 Å². The van der Waals surface area contributed by atoms with Crippen molar-refractivity contribution in [3.05, 3.63) is 12.2 Å². The van der Waals surface area contributed by atoms with E-state index in [2.05, 4.69) is 27.4 Å². The summed E-state index contributed by atoms with van der Waals surface area (Å²) in [6.07, 6.45) is 6.89. The Bertz CT molecular complexity index is 294. The zero-order chi connectivity index (χ0) is 12.0. The Balaban J connectivity index is 2.21. The molecule has 0 spiro atoms. The summed E-state index contributed by atoms with van der Waals surface area (Å²) in [6.45, 7) is 11.0. The minimum absolute atomic E-state index is 0.367. The average molecular weight is 222 g/mol. The fourth-order valence-corrected chi connectivity index (χ4v) is 3.73. The van der Waals surface area contributed by atoms with E-state index in [9.17, 15) is 5.11 Å². The Kier molecular flexibility index (Phi) is 2.94. The van der Waals surface area contributed by atoms with Crippen LogP contribution in [0.1, 0.15) is 59.3 Å². The first-order chi connectivity index (χ1) is 7.37. The summed E-state index contributed by atoms with van der Waals surface area (Å²) in [6, 6.07) is 0. The van der Waals surface area contributed by atoms with Gasteiger partial charge in [0.05, 0.1) is 5.60 Å². The summed E-state index contributed by atoms with van der Waals surface area (Å²) in [5.41, 5.74) is 1.38. The molecule has 2 aliphatic carbocycles. The first kappa shape index (κ1) is 12.2. The van der Waals surface area contributed by atoms with Crippen LogP contribution in [0.4, 0.5) is 0 Å². The quantitative estimate of drug-likeness (QED) is 0.667. The van der Waals surface area contributed by atoms with Crippen LogP contribution in [0.2, 0.25) is 0 Å². The third-order valence-corrected chi connectivity index (χ3v) is 5.34. The molecule has 0 heterocycles. The molecular weight excluding hydrogens is 196 g/mol. The minimum atomic E-state index is -0.440. The smallest absolute Gasteiger partial charge is 0.0676 e. The molecule has 2 aliphatic rings. The second kappa shape index (κ2) is 3.87. The lowest BCUT2D eigenvalue weighted by Gasteiger charge is -2.52. The Labute approximate surface area is 99.9 Å². The lowest BCUT2D eigenvalue weighted by Crippen LogP contribution is -2.48. The number of hydrogen-bond acceptors (Lipinski definition) is 1. The van der Waals surface area contributed by atoms with E-state index in [0.29, 0.717) is 17.3 Å². The molecule has 0 bridgehead atoms. The number of fused-ring (bicyclic) bond motifs is 1. The van der Waals surface area contributed by atoms with Gasteiger partial charge >= 0.3 is 0 Å². The van der Waals surface area contributed by atoms with Crippen LogP contribution in [0.15, 0.2) is 12.2 Å². The zero-order valence-electron chi connectivity index (χ0n) is 11.1. The fourth-order valence-electron chi connectivity index (χ4n) is 3.73. The summed E-state index contributed by atoms with van der Waals surface area (Å²) in [4.78, 5) is 0. The highest BCUT2D eigenvalue weighted by atomic mass is 16.3. The molecule has 3 atom stereocenters. The largest absolute Gasteiger partial charge is 0.390 e. The van der Waals surface area contributed by atoms with Crippen LogP contribution < -0.4 is 0 Å². The molecule has 0 unspecified atom stereocenters. The lowest BCUT2D eigenvalue weighted by atomic mass is 9.54. The highest BCUT2D eigenvalue weighted by Gasteiger charge is 2.48. The second-order valence-corrected chi connectivity index (χ2v) is 6.68. The van der Waals surface area contributed by atoms with Gasteiger partial charge in [-0.2, -0.15) is 0 Å². The summed E-state index contributed by atoms with van der Waals surface area (Å²) < 4.78 is 0. The Morgan fingerprint density at radius 1 is 1.31 bits per heavy atom. The second-order valence-electron chi connectivity index (χ2n) is 6.68. The Hall–Kier alpha value is -0.300. The maximum atomic E-state index is 10.7. The molecule has 0 amide bonds. The van der Waals surface area contributed by atoms with Gasteiger partial charge in [0.1, 0.15) is 0 Å². The molecule has 2 rings (SSSR count). The van der Waals surface area contributed by atoms with Crippen molar-refractivity contribution in [2.75, 3.05) is 0 Å². The van der Waals surface area contributed by atoms with Crippen molar-refractivity contribution in [2.24, 2.45) is 17.3 Å². The fraction of sp³-hybridized carbons (Fsp3) is 0.867. The van der Waals surface area contributed by atoms with Gasteiger partial charge in [-0.05, 0) is 55.8 Å². The molecule has 92 valence electrons. The van der Waals surface area contributed by atoms with Crippen molar-refractivity contribution in [1.29, 1.82) is 0 Å². The van der Waals surface area contributed by atoms with E-state index in [4.69, 9.17) is 0 Å². The molecule has 1 heteroatoms. The van der Waals surface area contributed by atoms with Crippen LogP contribution in [0.3, 0.4) is 0 Å². The van der Waals surface area contributed by atoms with Gasteiger partial charge in [0.2, 0.25) is 0 Å². The molecule has 0 aromatic carbocycles. The predicted molar refractivity (Wildman–Crippen MR) is 68.2 cm³/mol. The van der Waals surface area contributed by atoms with E-state index < -0.39 is 5.60 Å². The number of rotatable bonds is 1. The molecule has 0 radical (unpaired) electrons. The van der Waals surface area contributed by atoms with E-state index in [1.54, 1.807) is 0 Å². The number of hydrogen-bond donors (Lipinski definition) is 1. The van der Waals surface area contributed by atoms with Crippen LogP contribution in [-0.2, 0) is 0 Å². The van der Waals surface area contributed by atoms with Gasteiger partial charge in [-0.1, -0.05) is 32.9 Å². The molecule has 0 aromatic rings. The first-order valence-electron chi connectivity index (χ1n) is 6.77. The minimum Gasteiger partial charge on any atom is -0.390 e. The van der Waals surface area contributed by atoms with Gasteiger partial charge in [-0.3, -0.25) is 0 Å². The van der Waals surface area contributed by atoms with Crippen molar-refractivity contribution in [3.8, 4) is 0 Å². The van der Waals surface area contributed by atoms with Crippen molar-refractivity contribution in [1.82, 2.24) is 0 Å². The van der Waals surface area contributed by atoms with E-state index in [1.165, 1.54) is 31.3 Å². The third-order valence-electron chi connectivity index (χ3n) is 5.34. The molecule has 1 N–H and O–H groups in total. The maximum absolute atomic E-state index is 10.7. The van der Waals surface area contributed by atoms with Crippen LogP contribution in [0, 0.1) is 17.3 Å². The van der Waals surface area contributed by atoms with Crippen molar-refractivity contribution < 1.29 is 5.11 Å². The average Bonchev–Trinajstić information content (AvgIpc) is 2.21. The van der Waals surface area contributed by atoms with Gasteiger partial charge < -0.3 is 5.11 Å². The Morgan fingerprint density at radius 2 is 2.00 bits per heavy atom. The molecular formula is C15H26O. The van der Waals surface area contributed by atoms with E-state index >= 15 is 0 Å². The van der Waals surface area contributed by atoms with Gasteiger partial charge in [0.25, 0.3) is 0 Å². The Morgan fingerprint density at radius 3 is 2.62 bits per heavy atom. The van der Waals surface area contributed by atoms with E-state index in [1.807, 2.05) is 0 Å². The number of allylic oxidation sites excluding steroid dienone is 1. The highest BCUT2D eigenvalue weighted by molar-refractivity contribution is 5.14. The lowest BCUT2D eigenvalue weighted by molar-refractivity contribution is -0.0915. The summed E-state index contributed by atoms with van der Waals surface area (Å²) >= 11 is 0. The van der Waals surface area contributed by atoms with Crippen molar-refractivity contribution in [3.63, 3.8) is 0 Å². The predicted octanol–water partition coefficient (Wildman–Crippen LogP) is 3.92. The van der Waals surface area contributed by atoms with Gasteiger partial charge in [-0.15, -0.1) is 0 Å². The number of aliphatic hydroxyl groups is 1. The van der Waals surface area contributed by atoms with Crippen LogP contribution in [-0.4, -0.2) is 10.7 Å². The summed E-state index contributed by atoms with van der Waals surface area (Å²) in [5.74, 6) is 0.925. The van der Waals surface area contributed by atoms with Crippen molar-refractivity contribution >= 4 is 0 Å². The van der Waals surface area contributed by atoms with Gasteiger partial charge in [0.15, 0.2) is 0 Å². The summed E-state index contributed by atoms with van der Waals surface area (Å²) in [7, 11) is 0. The standard InChI is InChI=1S/C15H26O/c1-11(2)15(16)9-8-14(4)7-5-6-12(3)13(14)10-15/h11,13,16H,3,5-10H2,1-2,4H3/t13-,14+,15-/m1/s1. The van der Waals surface area contributed by atoms with Crippen LogP contribution in [0.5, 0.6) is 0 Å². The zero-order valence-corrected chi connectivity index (χ0v) is 11.1. The van der Waals surface area contributed by atoms with Gasteiger partial charge in [-0.25, -0.2) is 0 Å². The SMILES string of the molecule is C=C1CCC[C@@]2(C)CC[C@](O)(C(C)C)C[C@H]12. The summed E-state index contributed by atoms with van der Waals surface area (Å²) in [5, 5.41) is 10.7. The molecule has 0 aromatic heterocycles. The molecule has 1 nitrogen and oxygen atoms in total. The normalized spacial score (nSPS) is 44.6. The van der Waals surface area contributed by atoms with Crippen molar-refractivity contribution in [2.45, 2.75) is 64.9 Å². The molecule has 0 aliphatic heterocycles. The van der Waals surface area contributed by atoms with E-state index in [0.717, 1.165) is 12.8 Å². The monoisotopic (exact) mass is 222 g/mol. The highest BCUT2D eigenvalue weighted by Crippen LogP contribution is 2.55. The molecule has 2 fully saturated rings. The topological polar surface area (TPSA) is 20.2 Å². The molecule has 2 saturated carbocycles. The third kappa shape index (κ3) is 1.84. The van der Waals surface area contributed by atoms with E-state index in [-0.39, 0.29) is 0 Å².